The van der Waals surface area contributed by atoms with Crippen molar-refractivity contribution in [3.8, 4) is 0 Å². The van der Waals surface area contributed by atoms with E-state index in [0.29, 0.717) is 24.5 Å². The summed E-state index contributed by atoms with van der Waals surface area (Å²) in [5, 5.41) is 0. The Morgan fingerprint density at radius 2 is 1.53 bits per heavy atom. The largest absolute Gasteiger partial charge is 0.375 e. The molecule has 17 heavy (non-hydrogen) atoms. The Labute approximate surface area is 104 Å². The van der Waals surface area contributed by atoms with Crippen LogP contribution in [0.4, 0.5) is 0 Å². The number of carbonyl (C=O) groups excluding carboxylic acids is 1. The molecule has 0 atom stereocenters. The van der Waals surface area contributed by atoms with Gasteiger partial charge in [-0.2, -0.15) is 0 Å². The Morgan fingerprint density at radius 1 is 0.941 bits per heavy atom. The van der Waals surface area contributed by atoms with Gasteiger partial charge in [-0.05, 0) is 44.4 Å². The second kappa shape index (κ2) is 6.39. The second-order valence-corrected chi connectivity index (χ2v) is 5.71. The molecule has 0 aliphatic heterocycles. The van der Waals surface area contributed by atoms with Crippen molar-refractivity contribution in [1.82, 2.24) is 0 Å². The third-order valence-corrected chi connectivity index (χ3v) is 4.22. The summed E-state index contributed by atoms with van der Waals surface area (Å²) in [6, 6.07) is 0. The molecule has 0 spiro atoms. The van der Waals surface area contributed by atoms with Crippen LogP contribution in [-0.2, 0) is 9.53 Å². The van der Waals surface area contributed by atoms with Gasteiger partial charge in [-0.3, -0.25) is 4.79 Å². The summed E-state index contributed by atoms with van der Waals surface area (Å²) in [5.41, 5.74) is 5.24. The Hall–Kier alpha value is -0.570. The molecule has 0 unspecified atom stereocenters. The summed E-state index contributed by atoms with van der Waals surface area (Å²) in [6.45, 7) is 0. The maximum Gasteiger partial charge on any atom is 0.217 e. The number of ether oxygens (including phenoxy) is 1. The lowest BCUT2D eigenvalue weighted by molar-refractivity contribution is -0.119. The zero-order valence-electron chi connectivity index (χ0n) is 10.7. The number of primary amides is 1. The molecule has 0 aromatic heterocycles. The number of hydrogen-bond acceptors (Lipinski definition) is 2. The fraction of sp³-hybridized carbons (Fsp3) is 0.929. The van der Waals surface area contributed by atoms with E-state index in [1.807, 2.05) is 0 Å². The van der Waals surface area contributed by atoms with E-state index in [4.69, 9.17) is 10.5 Å². The third-order valence-electron chi connectivity index (χ3n) is 4.22. The van der Waals surface area contributed by atoms with E-state index in [1.54, 1.807) is 0 Å². The van der Waals surface area contributed by atoms with Crippen molar-refractivity contribution in [2.45, 2.75) is 76.4 Å². The maximum absolute atomic E-state index is 10.9. The lowest BCUT2D eigenvalue weighted by Gasteiger charge is -2.32. The van der Waals surface area contributed by atoms with Crippen molar-refractivity contribution in [3.63, 3.8) is 0 Å². The van der Waals surface area contributed by atoms with Gasteiger partial charge in [-0.1, -0.05) is 19.3 Å². The number of nitrogens with two attached hydrogens (primary N) is 1. The summed E-state index contributed by atoms with van der Waals surface area (Å²) in [6.07, 6.45) is 12.5. The molecule has 98 valence electrons. The SMILES string of the molecule is NC(=O)CC1CCC(OC2CCCCC2)CC1. The van der Waals surface area contributed by atoms with Gasteiger partial charge < -0.3 is 10.5 Å². The number of hydrogen-bond donors (Lipinski definition) is 1. The molecule has 0 radical (unpaired) electrons. The highest BCUT2D eigenvalue weighted by molar-refractivity contribution is 5.73. The minimum atomic E-state index is -0.151. The summed E-state index contributed by atoms with van der Waals surface area (Å²) in [5.74, 6) is 0.361. The molecule has 2 saturated carbocycles. The van der Waals surface area contributed by atoms with Crippen LogP contribution in [0.25, 0.3) is 0 Å². The van der Waals surface area contributed by atoms with Crippen molar-refractivity contribution < 1.29 is 9.53 Å². The molecule has 2 rings (SSSR count). The maximum atomic E-state index is 10.9. The van der Waals surface area contributed by atoms with Crippen LogP contribution in [0.5, 0.6) is 0 Å². The molecule has 3 nitrogen and oxygen atoms in total. The summed E-state index contributed by atoms with van der Waals surface area (Å²) < 4.78 is 6.17. The first-order valence-corrected chi connectivity index (χ1v) is 7.18. The molecule has 1 amide bonds. The molecular formula is C14H25NO2. The zero-order valence-corrected chi connectivity index (χ0v) is 10.7. The normalized spacial score (nSPS) is 31.3. The van der Waals surface area contributed by atoms with Gasteiger partial charge in [0.25, 0.3) is 0 Å². The molecule has 0 saturated heterocycles. The van der Waals surface area contributed by atoms with E-state index in [0.717, 1.165) is 25.7 Å². The molecule has 0 aromatic carbocycles. The van der Waals surface area contributed by atoms with Gasteiger partial charge in [0.1, 0.15) is 0 Å². The Kier molecular flexibility index (Phi) is 4.84. The summed E-state index contributed by atoms with van der Waals surface area (Å²) >= 11 is 0. The lowest BCUT2D eigenvalue weighted by atomic mass is 9.85. The zero-order chi connectivity index (χ0) is 12.1. The van der Waals surface area contributed by atoms with Crippen LogP contribution < -0.4 is 5.73 Å². The molecule has 2 aliphatic rings. The molecular weight excluding hydrogens is 214 g/mol. The van der Waals surface area contributed by atoms with Gasteiger partial charge in [0.2, 0.25) is 5.91 Å². The fourth-order valence-electron chi connectivity index (χ4n) is 3.23. The van der Waals surface area contributed by atoms with E-state index >= 15 is 0 Å². The van der Waals surface area contributed by atoms with E-state index < -0.39 is 0 Å². The highest BCUT2D eigenvalue weighted by Gasteiger charge is 2.25. The van der Waals surface area contributed by atoms with Crippen molar-refractivity contribution in [2.75, 3.05) is 0 Å². The average molecular weight is 239 g/mol. The van der Waals surface area contributed by atoms with Gasteiger partial charge in [-0.25, -0.2) is 0 Å². The summed E-state index contributed by atoms with van der Waals surface area (Å²) in [4.78, 5) is 10.9. The smallest absolute Gasteiger partial charge is 0.217 e. The van der Waals surface area contributed by atoms with Gasteiger partial charge >= 0.3 is 0 Å². The van der Waals surface area contributed by atoms with Gasteiger partial charge in [-0.15, -0.1) is 0 Å². The van der Waals surface area contributed by atoms with E-state index in [-0.39, 0.29) is 5.91 Å². The number of carbonyl (C=O) groups is 1. The van der Waals surface area contributed by atoms with Crippen LogP contribution in [0.2, 0.25) is 0 Å². The van der Waals surface area contributed by atoms with E-state index in [1.165, 1.54) is 32.1 Å². The van der Waals surface area contributed by atoms with Crippen molar-refractivity contribution in [3.05, 3.63) is 0 Å². The topological polar surface area (TPSA) is 52.3 Å². The molecule has 3 heteroatoms. The molecule has 2 N–H and O–H groups in total. The average Bonchev–Trinajstić information content (AvgIpc) is 2.32. The van der Waals surface area contributed by atoms with Crippen LogP contribution in [0.3, 0.4) is 0 Å². The minimum absolute atomic E-state index is 0.151. The van der Waals surface area contributed by atoms with E-state index in [9.17, 15) is 4.79 Å². The molecule has 0 heterocycles. The van der Waals surface area contributed by atoms with Crippen LogP contribution >= 0.6 is 0 Å². The number of amides is 1. The Bertz CT molecular complexity index is 241. The van der Waals surface area contributed by atoms with Crippen LogP contribution in [0, 0.1) is 5.92 Å². The first-order valence-electron chi connectivity index (χ1n) is 7.18. The summed E-state index contributed by atoms with van der Waals surface area (Å²) in [7, 11) is 0. The van der Waals surface area contributed by atoms with Crippen molar-refractivity contribution in [2.24, 2.45) is 11.7 Å². The second-order valence-electron chi connectivity index (χ2n) is 5.71. The fourth-order valence-corrected chi connectivity index (χ4v) is 3.23. The first-order chi connectivity index (χ1) is 8.24. The quantitative estimate of drug-likeness (QED) is 0.820. The predicted octanol–water partition coefficient (Wildman–Crippen LogP) is 2.77. The van der Waals surface area contributed by atoms with Gasteiger partial charge in [0.05, 0.1) is 12.2 Å². The Morgan fingerprint density at radius 3 is 2.12 bits per heavy atom. The molecule has 2 aliphatic carbocycles. The minimum Gasteiger partial charge on any atom is -0.375 e. The molecule has 0 bridgehead atoms. The van der Waals surface area contributed by atoms with Crippen molar-refractivity contribution >= 4 is 5.91 Å². The van der Waals surface area contributed by atoms with Crippen LogP contribution in [0.15, 0.2) is 0 Å². The van der Waals surface area contributed by atoms with E-state index in [2.05, 4.69) is 0 Å². The van der Waals surface area contributed by atoms with Crippen molar-refractivity contribution in [1.29, 1.82) is 0 Å². The highest BCUT2D eigenvalue weighted by Crippen LogP contribution is 2.31. The van der Waals surface area contributed by atoms with Crippen LogP contribution in [0.1, 0.15) is 64.2 Å². The van der Waals surface area contributed by atoms with Gasteiger partial charge in [0, 0.05) is 6.42 Å². The molecule has 2 fully saturated rings. The predicted molar refractivity (Wildman–Crippen MR) is 67.5 cm³/mol. The van der Waals surface area contributed by atoms with Crippen LogP contribution in [-0.4, -0.2) is 18.1 Å². The lowest BCUT2D eigenvalue weighted by Crippen LogP contribution is -2.29. The standard InChI is InChI=1S/C14H25NO2/c15-14(16)10-11-6-8-13(9-7-11)17-12-4-2-1-3-5-12/h11-13H,1-10H2,(H2,15,16). The highest BCUT2D eigenvalue weighted by atomic mass is 16.5. The number of rotatable bonds is 4. The molecule has 0 aromatic rings. The monoisotopic (exact) mass is 239 g/mol. The van der Waals surface area contributed by atoms with Gasteiger partial charge in [0.15, 0.2) is 0 Å². The third kappa shape index (κ3) is 4.30. The first kappa shape index (κ1) is 12.9. The Balaban J connectivity index is 1.66.